The summed E-state index contributed by atoms with van der Waals surface area (Å²) < 4.78 is 0. The number of rotatable bonds is 5. The molecule has 0 amide bonds. The molecule has 1 aromatic heterocycles. The largest absolute Gasteiger partial charge is 0.387 e. The second-order valence-corrected chi connectivity index (χ2v) is 4.49. The van der Waals surface area contributed by atoms with Gasteiger partial charge in [-0.2, -0.15) is 0 Å². The van der Waals surface area contributed by atoms with E-state index < -0.39 is 6.10 Å². The minimum Gasteiger partial charge on any atom is -0.387 e. The molecule has 94 valence electrons. The summed E-state index contributed by atoms with van der Waals surface area (Å²) in [6.45, 7) is 1.18. The van der Waals surface area contributed by atoms with E-state index in [9.17, 15) is 5.11 Å². The molecule has 3 nitrogen and oxygen atoms in total. The van der Waals surface area contributed by atoms with Gasteiger partial charge in [0.15, 0.2) is 0 Å². The average Bonchev–Trinajstić information content (AvgIpc) is 2.40. The van der Waals surface area contributed by atoms with E-state index in [0.29, 0.717) is 13.1 Å². The molecule has 0 saturated heterocycles. The van der Waals surface area contributed by atoms with Gasteiger partial charge in [0.2, 0.25) is 0 Å². The third-order valence-corrected chi connectivity index (χ3v) is 2.88. The number of pyridine rings is 1. The van der Waals surface area contributed by atoms with E-state index in [1.807, 2.05) is 36.4 Å². The van der Waals surface area contributed by atoms with Crippen molar-refractivity contribution in [3.63, 3.8) is 0 Å². The molecule has 0 fully saturated rings. The molecule has 2 aromatic rings. The maximum absolute atomic E-state index is 9.94. The van der Waals surface area contributed by atoms with Crippen LogP contribution in [0.15, 0.2) is 48.8 Å². The van der Waals surface area contributed by atoms with E-state index in [0.717, 1.165) is 16.1 Å². The number of aliphatic hydroxyl groups excluding tert-OH is 1. The molecule has 0 radical (unpaired) electrons. The maximum Gasteiger partial charge on any atom is 0.0915 e. The lowest BCUT2D eigenvalue weighted by Gasteiger charge is -2.12. The van der Waals surface area contributed by atoms with Crippen LogP contribution in [-0.4, -0.2) is 16.6 Å². The lowest BCUT2D eigenvalue weighted by molar-refractivity contribution is 0.174. The van der Waals surface area contributed by atoms with E-state index in [2.05, 4.69) is 10.3 Å². The van der Waals surface area contributed by atoms with Crippen LogP contribution in [0.4, 0.5) is 0 Å². The minimum atomic E-state index is -0.521. The molecule has 1 aromatic carbocycles. The lowest BCUT2D eigenvalue weighted by Crippen LogP contribution is -2.21. The highest BCUT2D eigenvalue weighted by Crippen LogP contribution is 2.12. The van der Waals surface area contributed by atoms with Gasteiger partial charge in [-0.1, -0.05) is 23.7 Å². The number of hydrogen-bond donors (Lipinski definition) is 2. The summed E-state index contributed by atoms with van der Waals surface area (Å²) in [5.41, 5.74) is 1.97. The summed E-state index contributed by atoms with van der Waals surface area (Å²) in [6, 6.07) is 11.3. The molecule has 1 heterocycles. The van der Waals surface area contributed by atoms with Gasteiger partial charge in [0.25, 0.3) is 0 Å². The first-order chi connectivity index (χ1) is 8.75. The molecule has 2 rings (SSSR count). The number of halogens is 1. The maximum atomic E-state index is 9.94. The zero-order valence-electron chi connectivity index (χ0n) is 9.88. The van der Waals surface area contributed by atoms with Crippen LogP contribution in [0.5, 0.6) is 0 Å². The number of nitrogens with zero attached hydrogens (tertiary/aromatic N) is 1. The van der Waals surface area contributed by atoms with Crippen LogP contribution < -0.4 is 5.32 Å². The first-order valence-electron chi connectivity index (χ1n) is 5.79. The molecule has 4 heteroatoms. The zero-order valence-corrected chi connectivity index (χ0v) is 10.6. The van der Waals surface area contributed by atoms with Crippen molar-refractivity contribution in [2.75, 3.05) is 6.54 Å². The molecule has 0 bridgehead atoms. The fourth-order valence-corrected chi connectivity index (χ4v) is 1.92. The topological polar surface area (TPSA) is 45.1 Å². The standard InChI is InChI=1S/C14H15ClN2O/c15-13-3-1-2-11(8-13)9-17-10-14(18)12-4-6-16-7-5-12/h1-8,14,17-18H,9-10H2. The molecule has 1 atom stereocenters. The van der Waals surface area contributed by atoms with Gasteiger partial charge in [-0.25, -0.2) is 0 Å². The van der Waals surface area contributed by atoms with Crippen LogP contribution >= 0.6 is 11.6 Å². The number of nitrogens with one attached hydrogen (secondary N) is 1. The third-order valence-electron chi connectivity index (χ3n) is 2.65. The normalized spacial score (nSPS) is 12.3. The van der Waals surface area contributed by atoms with Crippen molar-refractivity contribution in [3.8, 4) is 0 Å². The van der Waals surface area contributed by atoms with E-state index in [1.54, 1.807) is 12.4 Å². The summed E-state index contributed by atoms with van der Waals surface area (Å²) in [5.74, 6) is 0. The fourth-order valence-electron chi connectivity index (χ4n) is 1.70. The molecular weight excluding hydrogens is 248 g/mol. The Labute approximate surface area is 111 Å². The van der Waals surface area contributed by atoms with Gasteiger partial charge >= 0.3 is 0 Å². The summed E-state index contributed by atoms with van der Waals surface area (Å²) in [4.78, 5) is 3.92. The molecule has 18 heavy (non-hydrogen) atoms. The van der Waals surface area contributed by atoms with Crippen LogP contribution in [0, 0.1) is 0 Å². The first kappa shape index (κ1) is 13.0. The van der Waals surface area contributed by atoms with E-state index in [4.69, 9.17) is 11.6 Å². The molecule has 0 saturated carbocycles. The molecule has 1 unspecified atom stereocenters. The minimum absolute atomic E-state index is 0.497. The van der Waals surface area contributed by atoms with Crippen molar-refractivity contribution in [1.82, 2.24) is 10.3 Å². The van der Waals surface area contributed by atoms with Gasteiger partial charge < -0.3 is 10.4 Å². The van der Waals surface area contributed by atoms with Gasteiger partial charge in [0.05, 0.1) is 6.10 Å². The van der Waals surface area contributed by atoms with Crippen LogP contribution in [0.3, 0.4) is 0 Å². The highest BCUT2D eigenvalue weighted by Gasteiger charge is 2.05. The average molecular weight is 263 g/mol. The van der Waals surface area contributed by atoms with Crippen LogP contribution in [-0.2, 0) is 6.54 Å². The smallest absolute Gasteiger partial charge is 0.0915 e. The fraction of sp³-hybridized carbons (Fsp3) is 0.214. The Morgan fingerprint density at radius 2 is 2.00 bits per heavy atom. The van der Waals surface area contributed by atoms with Gasteiger partial charge in [-0.15, -0.1) is 0 Å². The Kier molecular flexibility index (Phi) is 4.70. The second kappa shape index (κ2) is 6.50. The van der Waals surface area contributed by atoms with Crippen molar-refractivity contribution in [2.24, 2.45) is 0 Å². The Bertz CT molecular complexity index is 490. The number of aliphatic hydroxyl groups is 1. The van der Waals surface area contributed by atoms with Crippen LogP contribution in [0.1, 0.15) is 17.2 Å². The Morgan fingerprint density at radius 1 is 1.22 bits per heavy atom. The first-order valence-corrected chi connectivity index (χ1v) is 6.16. The van der Waals surface area contributed by atoms with Gasteiger partial charge in [-0.3, -0.25) is 4.98 Å². The Morgan fingerprint density at radius 3 is 2.72 bits per heavy atom. The van der Waals surface area contributed by atoms with E-state index in [1.165, 1.54) is 0 Å². The number of hydrogen-bond acceptors (Lipinski definition) is 3. The zero-order chi connectivity index (χ0) is 12.8. The number of aromatic nitrogens is 1. The molecule has 0 aliphatic carbocycles. The Hall–Kier alpha value is -1.42. The molecule has 2 N–H and O–H groups in total. The molecule has 0 spiro atoms. The van der Waals surface area contributed by atoms with Crippen LogP contribution in [0.2, 0.25) is 5.02 Å². The van der Waals surface area contributed by atoms with E-state index >= 15 is 0 Å². The monoisotopic (exact) mass is 262 g/mol. The molecular formula is C14H15ClN2O. The van der Waals surface area contributed by atoms with Crippen molar-refractivity contribution >= 4 is 11.6 Å². The predicted octanol–water partition coefficient (Wildman–Crippen LogP) is 2.56. The molecule has 0 aliphatic heterocycles. The van der Waals surface area contributed by atoms with E-state index in [-0.39, 0.29) is 0 Å². The quantitative estimate of drug-likeness (QED) is 0.871. The lowest BCUT2D eigenvalue weighted by atomic mass is 10.1. The highest BCUT2D eigenvalue weighted by atomic mass is 35.5. The predicted molar refractivity (Wildman–Crippen MR) is 72.4 cm³/mol. The van der Waals surface area contributed by atoms with Gasteiger partial charge in [0.1, 0.15) is 0 Å². The summed E-state index contributed by atoms with van der Waals surface area (Å²) in [7, 11) is 0. The summed E-state index contributed by atoms with van der Waals surface area (Å²) in [5, 5.41) is 13.9. The molecule has 0 aliphatic rings. The summed E-state index contributed by atoms with van der Waals surface area (Å²) >= 11 is 5.90. The summed E-state index contributed by atoms with van der Waals surface area (Å²) in [6.07, 6.45) is 2.83. The highest BCUT2D eigenvalue weighted by molar-refractivity contribution is 6.30. The van der Waals surface area contributed by atoms with Crippen molar-refractivity contribution in [3.05, 3.63) is 64.9 Å². The SMILES string of the molecule is OC(CNCc1cccc(Cl)c1)c1ccncc1. The Balaban J connectivity index is 1.82. The van der Waals surface area contributed by atoms with Crippen molar-refractivity contribution in [2.45, 2.75) is 12.6 Å². The van der Waals surface area contributed by atoms with Crippen molar-refractivity contribution < 1.29 is 5.11 Å². The van der Waals surface area contributed by atoms with Crippen molar-refractivity contribution in [1.29, 1.82) is 0 Å². The van der Waals surface area contributed by atoms with Gasteiger partial charge in [-0.05, 0) is 35.4 Å². The number of benzene rings is 1. The van der Waals surface area contributed by atoms with Crippen LogP contribution in [0.25, 0.3) is 0 Å². The second-order valence-electron chi connectivity index (χ2n) is 4.06. The van der Waals surface area contributed by atoms with Gasteiger partial charge in [0, 0.05) is 30.5 Å². The third kappa shape index (κ3) is 3.81.